The molecule has 0 heterocycles. The van der Waals surface area contributed by atoms with E-state index in [0.717, 1.165) is 0 Å². The third-order valence-corrected chi connectivity index (χ3v) is 4.55. The number of sulfone groups is 1. The van der Waals surface area contributed by atoms with Gasteiger partial charge < -0.3 is 22.9 Å². The van der Waals surface area contributed by atoms with E-state index in [2.05, 4.69) is 0 Å². The molecule has 0 saturated carbocycles. The van der Waals surface area contributed by atoms with Crippen LogP contribution in [0.4, 0.5) is 22.7 Å². The van der Waals surface area contributed by atoms with E-state index in [9.17, 15) is 8.42 Å². The van der Waals surface area contributed by atoms with Crippen molar-refractivity contribution in [2.45, 2.75) is 9.79 Å². The van der Waals surface area contributed by atoms with Crippen LogP contribution in [-0.4, -0.2) is 8.42 Å². The van der Waals surface area contributed by atoms with Gasteiger partial charge in [0.15, 0.2) is 0 Å². The predicted octanol–water partition coefficient (Wildman–Crippen LogP) is 0.848. The Morgan fingerprint density at radius 3 is 1.37 bits per heavy atom. The SMILES string of the molecule is Nc1ccc(S(=O)(=O)c2ccc(N)cc2N)c(N)c1. The zero-order valence-electron chi connectivity index (χ0n) is 10.00. The van der Waals surface area contributed by atoms with Gasteiger partial charge in [-0.05, 0) is 36.4 Å². The van der Waals surface area contributed by atoms with Gasteiger partial charge in [-0.1, -0.05) is 0 Å². The van der Waals surface area contributed by atoms with E-state index in [1.807, 2.05) is 0 Å². The molecule has 2 aromatic rings. The third kappa shape index (κ3) is 2.27. The lowest BCUT2D eigenvalue weighted by Gasteiger charge is -2.10. The standard InChI is InChI=1S/C12H14N4O2S/c13-7-1-3-11(9(15)5-7)19(17,18)12-4-2-8(14)6-10(12)16/h1-6H,13-16H2. The number of rotatable bonds is 2. The molecule has 7 heteroatoms. The van der Waals surface area contributed by atoms with Gasteiger partial charge in [0, 0.05) is 11.4 Å². The maximum absolute atomic E-state index is 12.5. The Morgan fingerprint density at radius 1 is 0.684 bits per heavy atom. The van der Waals surface area contributed by atoms with E-state index in [1.54, 1.807) is 0 Å². The van der Waals surface area contributed by atoms with E-state index >= 15 is 0 Å². The number of nitrogens with two attached hydrogens (primary N) is 4. The predicted molar refractivity (Wildman–Crippen MR) is 76.0 cm³/mol. The summed E-state index contributed by atoms with van der Waals surface area (Å²) in [6.45, 7) is 0. The Bertz CT molecular complexity index is 684. The molecule has 0 radical (unpaired) electrons. The summed E-state index contributed by atoms with van der Waals surface area (Å²) in [6, 6.07) is 8.43. The molecule has 0 bridgehead atoms. The summed E-state index contributed by atoms with van der Waals surface area (Å²) in [4.78, 5) is -0.0589. The zero-order chi connectivity index (χ0) is 14.2. The van der Waals surface area contributed by atoms with E-state index in [0.29, 0.717) is 11.4 Å². The molecule has 8 N–H and O–H groups in total. The lowest BCUT2D eigenvalue weighted by Crippen LogP contribution is -2.09. The van der Waals surface area contributed by atoms with Gasteiger partial charge >= 0.3 is 0 Å². The van der Waals surface area contributed by atoms with Crippen LogP contribution in [0.3, 0.4) is 0 Å². The van der Waals surface area contributed by atoms with Crippen molar-refractivity contribution in [2.24, 2.45) is 0 Å². The maximum atomic E-state index is 12.5. The summed E-state index contributed by atoms with van der Waals surface area (Å²) in [6.07, 6.45) is 0. The van der Waals surface area contributed by atoms with E-state index < -0.39 is 9.84 Å². The van der Waals surface area contributed by atoms with Gasteiger partial charge in [0.2, 0.25) is 9.84 Å². The van der Waals surface area contributed by atoms with Crippen molar-refractivity contribution in [1.29, 1.82) is 0 Å². The largest absolute Gasteiger partial charge is 0.399 e. The average molecular weight is 278 g/mol. The molecule has 0 saturated heterocycles. The first-order valence-electron chi connectivity index (χ1n) is 5.37. The van der Waals surface area contributed by atoms with Crippen LogP contribution in [0.25, 0.3) is 0 Å². The normalized spacial score (nSPS) is 11.4. The molecule has 0 aliphatic carbocycles. The lowest BCUT2D eigenvalue weighted by molar-refractivity contribution is 0.597. The van der Waals surface area contributed by atoms with Crippen molar-refractivity contribution < 1.29 is 8.42 Å². The van der Waals surface area contributed by atoms with Crippen LogP contribution >= 0.6 is 0 Å². The first-order valence-corrected chi connectivity index (χ1v) is 6.86. The number of nitrogen functional groups attached to an aromatic ring is 4. The molecule has 6 nitrogen and oxygen atoms in total. The second-order valence-electron chi connectivity index (χ2n) is 4.10. The highest BCUT2D eigenvalue weighted by Crippen LogP contribution is 2.31. The fraction of sp³-hybridized carbons (Fsp3) is 0. The minimum Gasteiger partial charge on any atom is -0.399 e. The summed E-state index contributed by atoms with van der Waals surface area (Å²) in [5.41, 5.74) is 23.4. The molecule has 0 aliphatic rings. The van der Waals surface area contributed by atoms with E-state index in [-0.39, 0.29) is 21.2 Å². The Morgan fingerprint density at radius 2 is 1.05 bits per heavy atom. The number of hydrogen-bond donors (Lipinski definition) is 4. The molecule has 0 fully saturated rings. The smallest absolute Gasteiger partial charge is 0.210 e. The van der Waals surface area contributed by atoms with Gasteiger partial charge in [-0.25, -0.2) is 8.42 Å². The molecule has 19 heavy (non-hydrogen) atoms. The minimum atomic E-state index is -3.79. The fourth-order valence-electron chi connectivity index (χ4n) is 1.74. The van der Waals surface area contributed by atoms with Crippen molar-refractivity contribution >= 4 is 32.6 Å². The topological polar surface area (TPSA) is 138 Å². The summed E-state index contributed by atoms with van der Waals surface area (Å²) in [7, 11) is -3.79. The average Bonchev–Trinajstić information content (AvgIpc) is 2.27. The fourth-order valence-corrected chi connectivity index (χ4v) is 3.21. The highest BCUT2D eigenvalue weighted by molar-refractivity contribution is 7.91. The van der Waals surface area contributed by atoms with Crippen LogP contribution in [-0.2, 0) is 9.84 Å². The van der Waals surface area contributed by atoms with Gasteiger partial charge in [0.05, 0.1) is 21.2 Å². The monoisotopic (exact) mass is 278 g/mol. The Labute approximate surface area is 110 Å². The van der Waals surface area contributed by atoms with Crippen LogP contribution in [0.2, 0.25) is 0 Å². The van der Waals surface area contributed by atoms with Gasteiger partial charge in [-0.2, -0.15) is 0 Å². The molecular formula is C12H14N4O2S. The molecule has 0 amide bonds. The minimum absolute atomic E-state index is 0.0295. The van der Waals surface area contributed by atoms with Gasteiger partial charge in [0.25, 0.3) is 0 Å². The molecule has 100 valence electrons. The Kier molecular flexibility index (Phi) is 2.99. The van der Waals surface area contributed by atoms with E-state index in [1.165, 1.54) is 36.4 Å². The van der Waals surface area contributed by atoms with Gasteiger partial charge in [0.1, 0.15) is 0 Å². The first kappa shape index (κ1) is 13.0. The summed E-state index contributed by atoms with van der Waals surface area (Å²) < 4.78 is 24.9. The Balaban J connectivity index is 2.65. The van der Waals surface area contributed by atoms with Crippen LogP contribution in [0.5, 0.6) is 0 Å². The van der Waals surface area contributed by atoms with Crippen LogP contribution in [0.1, 0.15) is 0 Å². The highest BCUT2D eigenvalue weighted by atomic mass is 32.2. The molecule has 0 atom stereocenters. The molecule has 2 aromatic carbocycles. The van der Waals surface area contributed by atoms with Crippen LogP contribution in [0.15, 0.2) is 46.2 Å². The third-order valence-electron chi connectivity index (χ3n) is 2.65. The van der Waals surface area contributed by atoms with E-state index in [4.69, 9.17) is 22.9 Å². The number of anilines is 4. The number of hydrogen-bond acceptors (Lipinski definition) is 6. The summed E-state index contributed by atoms with van der Waals surface area (Å²) in [5, 5.41) is 0. The van der Waals surface area contributed by atoms with Crippen molar-refractivity contribution in [3.63, 3.8) is 0 Å². The zero-order valence-corrected chi connectivity index (χ0v) is 10.8. The highest BCUT2D eigenvalue weighted by Gasteiger charge is 2.22. The second kappa shape index (κ2) is 4.36. The molecule has 2 rings (SSSR count). The lowest BCUT2D eigenvalue weighted by atomic mass is 10.3. The number of benzene rings is 2. The van der Waals surface area contributed by atoms with Crippen molar-refractivity contribution in [1.82, 2.24) is 0 Å². The molecular weight excluding hydrogens is 264 g/mol. The summed E-state index contributed by atoms with van der Waals surface area (Å²) in [5.74, 6) is 0. The van der Waals surface area contributed by atoms with Crippen LogP contribution in [0, 0.1) is 0 Å². The van der Waals surface area contributed by atoms with Crippen molar-refractivity contribution in [3.8, 4) is 0 Å². The second-order valence-corrected chi connectivity index (χ2v) is 5.98. The maximum Gasteiger partial charge on any atom is 0.210 e. The van der Waals surface area contributed by atoms with Gasteiger partial charge in [-0.3, -0.25) is 0 Å². The summed E-state index contributed by atoms with van der Waals surface area (Å²) >= 11 is 0. The van der Waals surface area contributed by atoms with Crippen molar-refractivity contribution in [3.05, 3.63) is 36.4 Å². The quantitative estimate of drug-likeness (QED) is 0.601. The van der Waals surface area contributed by atoms with Crippen molar-refractivity contribution in [2.75, 3.05) is 22.9 Å². The molecule has 0 aromatic heterocycles. The Hall–Kier alpha value is -2.41. The van der Waals surface area contributed by atoms with Gasteiger partial charge in [-0.15, -0.1) is 0 Å². The first-order chi connectivity index (χ1) is 8.82. The molecule has 0 aliphatic heterocycles. The van der Waals surface area contributed by atoms with Crippen LogP contribution < -0.4 is 22.9 Å². The molecule has 0 spiro atoms. The molecule has 0 unspecified atom stereocenters.